The number of fused-ring (bicyclic) bond motifs is 1. The van der Waals surface area contributed by atoms with E-state index in [1.54, 1.807) is 0 Å². The summed E-state index contributed by atoms with van der Waals surface area (Å²) >= 11 is 12.3. The molecule has 26 heavy (non-hydrogen) atoms. The number of hydrogen-bond donors (Lipinski definition) is 0. The predicted octanol–water partition coefficient (Wildman–Crippen LogP) is 6.11. The summed E-state index contributed by atoms with van der Waals surface area (Å²) in [4.78, 5) is 12.6. The van der Waals surface area contributed by atoms with Crippen molar-refractivity contribution in [2.45, 2.75) is 38.0 Å². The highest BCUT2D eigenvalue weighted by Gasteiger charge is 2.85. The molecule has 0 aliphatic heterocycles. The number of hydrogen-bond acceptors (Lipinski definition) is 1. The fourth-order valence-corrected chi connectivity index (χ4v) is 6.10. The first-order chi connectivity index (χ1) is 12.4. The lowest BCUT2D eigenvalue weighted by Gasteiger charge is -2.25. The molecule has 2 aliphatic carbocycles. The molecule has 3 unspecified atom stereocenters. The summed E-state index contributed by atoms with van der Waals surface area (Å²) in [5.74, 6) is 0.107. The van der Waals surface area contributed by atoms with Crippen LogP contribution < -0.4 is 0 Å². The van der Waals surface area contributed by atoms with Gasteiger partial charge in [0.2, 0.25) is 6.29 Å². The average Bonchev–Trinajstić information content (AvgIpc) is 2.91. The van der Waals surface area contributed by atoms with E-state index >= 15 is 0 Å². The van der Waals surface area contributed by atoms with Crippen LogP contribution >= 0.6 is 23.2 Å². The third kappa shape index (κ3) is 2.02. The highest BCUT2D eigenvalue weighted by molar-refractivity contribution is 6.56. The van der Waals surface area contributed by atoms with E-state index in [9.17, 15) is 4.79 Å². The van der Waals surface area contributed by atoms with Crippen molar-refractivity contribution >= 4 is 29.5 Å². The van der Waals surface area contributed by atoms with Gasteiger partial charge in [-0.05, 0) is 46.9 Å². The molecule has 1 fully saturated rings. The zero-order valence-electron chi connectivity index (χ0n) is 14.9. The Kier molecular flexibility index (Phi) is 4.09. The van der Waals surface area contributed by atoms with Gasteiger partial charge in [0.25, 0.3) is 0 Å². The zero-order chi connectivity index (χ0) is 18.6. The minimum atomic E-state index is -0.691. The third-order valence-corrected chi connectivity index (χ3v) is 7.12. The Bertz CT molecular complexity index is 882. The van der Waals surface area contributed by atoms with E-state index in [2.05, 4.69) is 56.5 Å². The van der Waals surface area contributed by atoms with Crippen molar-refractivity contribution in [1.29, 1.82) is 0 Å². The molecule has 1 radical (unpaired) electrons. The molecule has 2 aromatic carbocycles. The van der Waals surface area contributed by atoms with Gasteiger partial charge in [0.15, 0.2) is 0 Å². The summed E-state index contributed by atoms with van der Waals surface area (Å²) in [5, 5.41) is 0. The largest absolute Gasteiger partial charge is 0.290 e. The van der Waals surface area contributed by atoms with E-state index in [0.29, 0.717) is 0 Å². The van der Waals surface area contributed by atoms with Crippen LogP contribution in [0.4, 0.5) is 0 Å². The van der Waals surface area contributed by atoms with Crippen molar-refractivity contribution in [3.8, 4) is 0 Å². The van der Waals surface area contributed by atoms with Gasteiger partial charge in [-0.2, -0.15) is 0 Å². The lowest BCUT2D eigenvalue weighted by atomic mass is 9.76. The fraction of sp³-hybridized carbons (Fsp3) is 0.348. The lowest BCUT2D eigenvalue weighted by Crippen LogP contribution is -2.25. The summed E-state index contributed by atoms with van der Waals surface area (Å²) in [5.41, 5.74) is 2.06. The van der Waals surface area contributed by atoms with Gasteiger partial charge in [0, 0.05) is 5.41 Å². The molecule has 0 bridgehead atoms. The van der Waals surface area contributed by atoms with Crippen molar-refractivity contribution in [2.75, 3.05) is 0 Å². The standard InChI is InChI=1S/C23H21Cl2O/c1-21(2)22(14-20(24)25,17-9-4-3-5-10-17)23(21,15-26)19-13-12-16-8-6-7-11-18(16)19/h3-11,14,19H,12-13H2,1-2H3. The highest BCUT2D eigenvalue weighted by Crippen LogP contribution is 2.83. The maximum Gasteiger partial charge on any atom is 0.207 e. The normalized spacial score (nSPS) is 31.2. The molecule has 0 amide bonds. The van der Waals surface area contributed by atoms with Crippen molar-refractivity contribution in [1.82, 2.24) is 0 Å². The molecule has 1 saturated carbocycles. The number of allylic oxidation sites excluding steroid dienone is 1. The second-order valence-corrected chi connectivity index (χ2v) is 8.94. The second-order valence-electron chi connectivity index (χ2n) is 7.93. The molecule has 4 rings (SSSR count). The quantitative estimate of drug-likeness (QED) is 0.622. The molecule has 133 valence electrons. The number of rotatable bonds is 4. The Morgan fingerprint density at radius 1 is 1.08 bits per heavy atom. The first-order valence-electron chi connectivity index (χ1n) is 8.99. The number of benzene rings is 2. The maximum absolute atomic E-state index is 12.6. The van der Waals surface area contributed by atoms with Crippen LogP contribution in [-0.2, 0) is 16.6 Å². The summed E-state index contributed by atoms with van der Waals surface area (Å²) in [6.07, 6.45) is 6.32. The Morgan fingerprint density at radius 3 is 2.38 bits per heavy atom. The molecule has 0 N–H and O–H groups in total. The Labute approximate surface area is 165 Å². The SMILES string of the molecule is CC1(C)C(C=C(Cl)Cl)(c2ccccc2)C1([C]=O)C1CCc2ccccc21. The van der Waals surface area contributed by atoms with Gasteiger partial charge in [-0.15, -0.1) is 0 Å². The highest BCUT2D eigenvalue weighted by atomic mass is 35.5. The van der Waals surface area contributed by atoms with Gasteiger partial charge in [-0.25, -0.2) is 0 Å². The Hall–Kier alpha value is -1.57. The smallest absolute Gasteiger partial charge is 0.207 e. The van der Waals surface area contributed by atoms with Crippen molar-refractivity contribution in [3.05, 3.63) is 81.9 Å². The van der Waals surface area contributed by atoms with E-state index in [0.717, 1.165) is 18.4 Å². The summed E-state index contributed by atoms with van der Waals surface area (Å²) in [7, 11) is 0. The van der Waals surface area contributed by atoms with Crippen LogP contribution in [0.2, 0.25) is 0 Å². The molecule has 0 saturated heterocycles. The van der Waals surface area contributed by atoms with Crippen LogP contribution in [0.15, 0.2) is 65.2 Å². The van der Waals surface area contributed by atoms with Crippen LogP contribution in [0.1, 0.15) is 42.9 Å². The molecule has 3 heteroatoms. The first kappa shape index (κ1) is 17.8. The van der Waals surface area contributed by atoms with Crippen LogP contribution in [0.3, 0.4) is 0 Å². The van der Waals surface area contributed by atoms with Gasteiger partial charge in [0.05, 0.1) is 5.41 Å². The summed E-state index contributed by atoms with van der Waals surface area (Å²) < 4.78 is 0.199. The van der Waals surface area contributed by atoms with Crippen molar-refractivity contribution in [2.24, 2.45) is 10.8 Å². The van der Waals surface area contributed by atoms with E-state index < -0.39 is 10.8 Å². The van der Waals surface area contributed by atoms with E-state index in [4.69, 9.17) is 23.2 Å². The number of carbonyl (C=O) groups excluding carboxylic acids is 1. The maximum atomic E-state index is 12.6. The van der Waals surface area contributed by atoms with Gasteiger partial charge >= 0.3 is 0 Å². The van der Waals surface area contributed by atoms with Crippen molar-refractivity contribution < 1.29 is 4.79 Å². The van der Waals surface area contributed by atoms with Crippen molar-refractivity contribution in [3.63, 3.8) is 0 Å². The molecule has 3 atom stereocenters. The molecular formula is C23H21Cl2O. The minimum Gasteiger partial charge on any atom is -0.290 e. The van der Waals surface area contributed by atoms with Crippen LogP contribution in [0.5, 0.6) is 0 Å². The Morgan fingerprint density at radius 2 is 1.73 bits per heavy atom. The topological polar surface area (TPSA) is 17.1 Å². The predicted molar refractivity (Wildman–Crippen MR) is 107 cm³/mol. The van der Waals surface area contributed by atoms with Crippen LogP contribution in [-0.4, -0.2) is 6.29 Å². The molecular weight excluding hydrogens is 363 g/mol. The van der Waals surface area contributed by atoms with Gasteiger partial charge < -0.3 is 0 Å². The summed E-state index contributed by atoms with van der Waals surface area (Å²) in [6, 6.07) is 18.6. The molecule has 2 aromatic rings. The van der Waals surface area contributed by atoms with E-state index in [-0.39, 0.29) is 15.8 Å². The average molecular weight is 384 g/mol. The third-order valence-electron chi connectivity index (χ3n) is 6.90. The Balaban J connectivity index is 1.97. The van der Waals surface area contributed by atoms with Gasteiger partial charge in [-0.3, -0.25) is 4.79 Å². The molecule has 2 aliphatic rings. The van der Waals surface area contributed by atoms with E-state index in [1.807, 2.05) is 24.3 Å². The molecule has 0 aromatic heterocycles. The second kappa shape index (κ2) is 5.97. The van der Waals surface area contributed by atoms with E-state index in [1.165, 1.54) is 11.1 Å². The lowest BCUT2D eigenvalue weighted by molar-refractivity contribution is 0.381. The van der Waals surface area contributed by atoms with Crippen LogP contribution in [0.25, 0.3) is 0 Å². The fourth-order valence-electron chi connectivity index (χ4n) is 5.77. The molecule has 0 spiro atoms. The van der Waals surface area contributed by atoms with Gasteiger partial charge in [0.1, 0.15) is 4.49 Å². The first-order valence-corrected chi connectivity index (χ1v) is 9.74. The summed E-state index contributed by atoms with van der Waals surface area (Å²) in [6.45, 7) is 4.28. The number of halogens is 2. The molecule has 0 heterocycles. The van der Waals surface area contributed by atoms with Crippen LogP contribution in [0, 0.1) is 10.8 Å². The van der Waals surface area contributed by atoms with Gasteiger partial charge in [-0.1, -0.05) is 91.6 Å². The molecule has 1 nitrogen and oxygen atoms in total. The minimum absolute atomic E-state index is 0.107. The monoisotopic (exact) mass is 383 g/mol. The zero-order valence-corrected chi connectivity index (χ0v) is 16.4. The number of aryl methyl sites for hydroxylation is 1.